The Morgan fingerprint density at radius 2 is 2.00 bits per heavy atom. The summed E-state index contributed by atoms with van der Waals surface area (Å²) in [6, 6.07) is 6.08. The number of methoxy groups -OCH3 is 1. The third-order valence-corrected chi connectivity index (χ3v) is 4.31. The van der Waals surface area contributed by atoms with Gasteiger partial charge in [0.25, 0.3) is 0 Å². The number of ether oxygens (including phenoxy) is 1. The Morgan fingerprint density at radius 3 is 2.68 bits per heavy atom. The lowest BCUT2D eigenvalue weighted by atomic mass is 10.1. The summed E-state index contributed by atoms with van der Waals surface area (Å²) in [5, 5.41) is 6.33. The van der Waals surface area contributed by atoms with Gasteiger partial charge in [-0.05, 0) is 44.7 Å². The fourth-order valence-corrected chi connectivity index (χ4v) is 2.90. The molecule has 138 valence electrons. The maximum Gasteiger partial charge on any atom is 0.241 e. The summed E-state index contributed by atoms with van der Waals surface area (Å²) >= 11 is 0. The number of piperidine rings is 1. The average Bonchev–Trinajstić information content (AvgIpc) is 2.65. The normalized spacial score (nSPS) is 15.0. The molecule has 0 bridgehead atoms. The molecule has 6 heteroatoms. The van der Waals surface area contributed by atoms with Crippen LogP contribution in [0.15, 0.2) is 23.2 Å². The van der Waals surface area contributed by atoms with Gasteiger partial charge >= 0.3 is 0 Å². The van der Waals surface area contributed by atoms with Crippen LogP contribution in [0.25, 0.3) is 0 Å². The smallest absolute Gasteiger partial charge is 0.241 e. The van der Waals surface area contributed by atoms with E-state index in [1.807, 2.05) is 36.9 Å². The second-order valence-electron chi connectivity index (χ2n) is 6.31. The topological polar surface area (TPSA) is 66.0 Å². The Morgan fingerprint density at radius 1 is 1.24 bits per heavy atom. The van der Waals surface area contributed by atoms with E-state index in [0.717, 1.165) is 49.4 Å². The SMILES string of the molecule is CCNC(=NCc1ccc(C)cc1OC)NCC(=O)N1CCCCC1. The number of nitrogens with one attached hydrogen (secondary N) is 2. The first-order valence-electron chi connectivity index (χ1n) is 9.07. The van der Waals surface area contributed by atoms with Crippen molar-refractivity contribution in [3.63, 3.8) is 0 Å². The van der Waals surface area contributed by atoms with Crippen LogP contribution in [-0.2, 0) is 11.3 Å². The molecule has 2 rings (SSSR count). The van der Waals surface area contributed by atoms with Crippen molar-refractivity contribution in [2.45, 2.75) is 39.7 Å². The van der Waals surface area contributed by atoms with Gasteiger partial charge in [-0.25, -0.2) is 4.99 Å². The third kappa shape index (κ3) is 5.96. The number of rotatable bonds is 6. The molecule has 0 saturated carbocycles. The molecule has 1 saturated heterocycles. The highest BCUT2D eigenvalue weighted by molar-refractivity contribution is 5.86. The molecule has 1 aliphatic heterocycles. The number of hydrogen-bond acceptors (Lipinski definition) is 3. The summed E-state index contributed by atoms with van der Waals surface area (Å²) in [5.41, 5.74) is 2.18. The Labute approximate surface area is 150 Å². The summed E-state index contributed by atoms with van der Waals surface area (Å²) in [5.74, 6) is 1.62. The van der Waals surface area contributed by atoms with Gasteiger partial charge in [-0.1, -0.05) is 12.1 Å². The zero-order chi connectivity index (χ0) is 18.1. The van der Waals surface area contributed by atoms with Crippen LogP contribution in [0.2, 0.25) is 0 Å². The summed E-state index contributed by atoms with van der Waals surface area (Å²) < 4.78 is 5.43. The summed E-state index contributed by atoms with van der Waals surface area (Å²) in [6.07, 6.45) is 3.43. The molecule has 0 aromatic heterocycles. The van der Waals surface area contributed by atoms with E-state index < -0.39 is 0 Å². The number of aryl methyl sites for hydroxylation is 1. The fraction of sp³-hybridized carbons (Fsp3) is 0.579. The van der Waals surface area contributed by atoms with Crippen LogP contribution in [-0.4, -0.2) is 50.1 Å². The van der Waals surface area contributed by atoms with Gasteiger partial charge < -0.3 is 20.3 Å². The standard InChI is InChI=1S/C19H30N4O2/c1-4-20-19(22-14-18(24)23-10-6-5-7-11-23)21-13-16-9-8-15(2)12-17(16)25-3/h8-9,12H,4-7,10-11,13-14H2,1-3H3,(H2,20,21,22). The van der Waals surface area contributed by atoms with Crippen LogP contribution in [0.5, 0.6) is 5.75 Å². The Hall–Kier alpha value is -2.24. The lowest BCUT2D eigenvalue weighted by Crippen LogP contribution is -2.46. The predicted molar refractivity (Wildman–Crippen MR) is 101 cm³/mol. The number of carbonyl (C=O) groups is 1. The second-order valence-corrected chi connectivity index (χ2v) is 6.31. The van der Waals surface area contributed by atoms with Crippen molar-refractivity contribution >= 4 is 11.9 Å². The van der Waals surface area contributed by atoms with Crippen LogP contribution in [0, 0.1) is 6.92 Å². The third-order valence-electron chi connectivity index (χ3n) is 4.31. The molecule has 1 aliphatic rings. The van der Waals surface area contributed by atoms with Crippen LogP contribution in [0.4, 0.5) is 0 Å². The number of nitrogens with zero attached hydrogens (tertiary/aromatic N) is 2. The van der Waals surface area contributed by atoms with E-state index in [-0.39, 0.29) is 12.5 Å². The van der Waals surface area contributed by atoms with E-state index in [1.54, 1.807) is 7.11 Å². The quantitative estimate of drug-likeness (QED) is 0.611. The number of benzene rings is 1. The Kier molecular flexibility index (Phi) is 7.57. The maximum absolute atomic E-state index is 12.3. The molecule has 25 heavy (non-hydrogen) atoms. The molecule has 0 radical (unpaired) electrons. The largest absolute Gasteiger partial charge is 0.496 e. The molecular formula is C19H30N4O2. The van der Waals surface area contributed by atoms with Crippen molar-refractivity contribution in [3.8, 4) is 5.75 Å². The molecule has 0 aliphatic carbocycles. The van der Waals surface area contributed by atoms with Gasteiger partial charge in [-0.3, -0.25) is 4.79 Å². The maximum atomic E-state index is 12.3. The minimum atomic E-state index is 0.137. The van der Waals surface area contributed by atoms with Crippen molar-refractivity contribution in [3.05, 3.63) is 29.3 Å². The molecular weight excluding hydrogens is 316 g/mol. The molecule has 6 nitrogen and oxygen atoms in total. The van der Waals surface area contributed by atoms with Gasteiger partial charge in [0, 0.05) is 25.2 Å². The molecule has 0 atom stereocenters. The number of carbonyl (C=O) groups excluding carboxylic acids is 1. The van der Waals surface area contributed by atoms with Gasteiger partial charge in [0.2, 0.25) is 5.91 Å². The van der Waals surface area contributed by atoms with Crippen molar-refractivity contribution in [2.75, 3.05) is 33.3 Å². The van der Waals surface area contributed by atoms with Gasteiger partial charge in [-0.15, -0.1) is 0 Å². The molecule has 2 N–H and O–H groups in total. The Balaban J connectivity index is 1.94. The lowest BCUT2D eigenvalue weighted by molar-refractivity contribution is -0.130. The molecule has 1 fully saturated rings. The minimum Gasteiger partial charge on any atom is -0.496 e. The highest BCUT2D eigenvalue weighted by Crippen LogP contribution is 2.20. The molecule has 0 spiro atoms. The highest BCUT2D eigenvalue weighted by atomic mass is 16.5. The lowest BCUT2D eigenvalue weighted by Gasteiger charge is -2.27. The number of likely N-dealkylation sites (tertiary alicyclic amines) is 1. The molecule has 0 unspecified atom stereocenters. The number of hydrogen-bond donors (Lipinski definition) is 2. The van der Waals surface area contributed by atoms with Gasteiger partial charge in [0.15, 0.2) is 5.96 Å². The monoisotopic (exact) mass is 346 g/mol. The van der Waals surface area contributed by atoms with Gasteiger partial charge in [0.05, 0.1) is 20.2 Å². The van der Waals surface area contributed by atoms with E-state index in [0.29, 0.717) is 12.5 Å². The van der Waals surface area contributed by atoms with Crippen LogP contribution in [0.1, 0.15) is 37.3 Å². The minimum absolute atomic E-state index is 0.137. The number of aliphatic imine (C=N–C) groups is 1. The van der Waals surface area contributed by atoms with E-state index in [1.165, 1.54) is 6.42 Å². The predicted octanol–water partition coefficient (Wildman–Crippen LogP) is 2.07. The molecule has 1 aromatic rings. The summed E-state index contributed by atoms with van der Waals surface area (Å²) in [7, 11) is 1.67. The summed E-state index contributed by atoms with van der Waals surface area (Å²) in [4.78, 5) is 18.8. The second kappa shape index (κ2) is 9.91. The van der Waals surface area contributed by atoms with E-state index in [9.17, 15) is 4.79 Å². The van der Waals surface area contributed by atoms with Crippen LogP contribution < -0.4 is 15.4 Å². The molecule has 1 aromatic carbocycles. The first-order valence-corrected chi connectivity index (χ1v) is 9.07. The number of guanidine groups is 1. The van der Waals surface area contributed by atoms with Crippen LogP contribution >= 0.6 is 0 Å². The zero-order valence-corrected chi connectivity index (χ0v) is 15.6. The van der Waals surface area contributed by atoms with E-state index in [2.05, 4.69) is 15.6 Å². The highest BCUT2D eigenvalue weighted by Gasteiger charge is 2.16. The van der Waals surface area contributed by atoms with Crippen molar-refractivity contribution in [1.29, 1.82) is 0 Å². The zero-order valence-electron chi connectivity index (χ0n) is 15.6. The van der Waals surface area contributed by atoms with E-state index in [4.69, 9.17) is 4.74 Å². The van der Waals surface area contributed by atoms with Crippen molar-refractivity contribution in [2.24, 2.45) is 4.99 Å². The van der Waals surface area contributed by atoms with Crippen molar-refractivity contribution in [1.82, 2.24) is 15.5 Å². The van der Waals surface area contributed by atoms with E-state index >= 15 is 0 Å². The van der Waals surface area contributed by atoms with Crippen LogP contribution in [0.3, 0.4) is 0 Å². The Bertz CT molecular complexity index is 595. The van der Waals surface area contributed by atoms with Gasteiger partial charge in [-0.2, -0.15) is 0 Å². The summed E-state index contributed by atoms with van der Waals surface area (Å²) in [6.45, 7) is 7.30. The molecule has 1 heterocycles. The molecule has 1 amide bonds. The number of amides is 1. The first-order chi connectivity index (χ1) is 12.1. The van der Waals surface area contributed by atoms with Gasteiger partial charge in [0.1, 0.15) is 5.75 Å². The average molecular weight is 346 g/mol. The first kappa shape index (κ1) is 19.1. The van der Waals surface area contributed by atoms with Crippen molar-refractivity contribution < 1.29 is 9.53 Å². The fourth-order valence-electron chi connectivity index (χ4n) is 2.90.